The first kappa shape index (κ1) is 10.7. The monoisotopic (exact) mass is 192 g/mol. The first-order valence-corrected chi connectivity index (χ1v) is 4.71. The molecule has 3 heteroatoms. The third-order valence-corrected chi connectivity index (χ3v) is 2.11. The minimum absolute atomic E-state index is 0.0620. The van der Waals surface area contributed by atoms with Gasteiger partial charge in [0.1, 0.15) is 0 Å². The minimum Gasteiger partial charge on any atom is -0.340 e. The molecule has 1 rings (SSSR count). The lowest BCUT2D eigenvalue weighted by atomic mass is 10.3. The van der Waals surface area contributed by atoms with Gasteiger partial charge in [-0.05, 0) is 13.0 Å². The fourth-order valence-corrected chi connectivity index (χ4v) is 1.19. The van der Waals surface area contributed by atoms with Crippen LogP contribution in [0.5, 0.6) is 0 Å². The fourth-order valence-electron chi connectivity index (χ4n) is 1.19. The van der Waals surface area contributed by atoms with Gasteiger partial charge in [-0.15, -0.1) is 0 Å². The third kappa shape index (κ3) is 3.17. The van der Waals surface area contributed by atoms with Gasteiger partial charge >= 0.3 is 0 Å². The first-order chi connectivity index (χ1) is 6.59. The predicted molar refractivity (Wildman–Crippen MR) is 58.3 cm³/mol. The Bertz CT molecular complexity index is 313. The van der Waals surface area contributed by atoms with Gasteiger partial charge in [0.2, 0.25) is 5.91 Å². The highest BCUT2D eigenvalue weighted by Gasteiger charge is 2.05. The van der Waals surface area contributed by atoms with E-state index in [1.54, 1.807) is 18.9 Å². The molecule has 0 bridgehead atoms. The Balaban J connectivity index is 2.68. The number of aliphatic imine (C=N–C) groups is 1. The highest BCUT2D eigenvalue weighted by atomic mass is 16.2. The molecule has 14 heavy (non-hydrogen) atoms. The highest BCUT2D eigenvalue weighted by Crippen LogP contribution is 2.07. The lowest BCUT2D eigenvalue weighted by molar-refractivity contribution is -0.127. The summed E-state index contributed by atoms with van der Waals surface area (Å²) in [5, 5.41) is 0. The topological polar surface area (TPSA) is 32.7 Å². The van der Waals surface area contributed by atoms with Gasteiger partial charge in [-0.1, -0.05) is 12.2 Å². The van der Waals surface area contributed by atoms with Crippen molar-refractivity contribution in [2.45, 2.75) is 20.3 Å². The van der Waals surface area contributed by atoms with Gasteiger partial charge in [-0.3, -0.25) is 9.79 Å². The number of rotatable bonds is 2. The van der Waals surface area contributed by atoms with Crippen molar-refractivity contribution in [2.24, 2.45) is 4.99 Å². The van der Waals surface area contributed by atoms with E-state index < -0.39 is 0 Å². The molecule has 0 aromatic carbocycles. The van der Waals surface area contributed by atoms with Crippen LogP contribution >= 0.6 is 0 Å². The van der Waals surface area contributed by atoms with Gasteiger partial charge < -0.3 is 4.90 Å². The Morgan fingerprint density at radius 2 is 2.36 bits per heavy atom. The van der Waals surface area contributed by atoms with Crippen molar-refractivity contribution in [3.63, 3.8) is 0 Å². The van der Waals surface area contributed by atoms with Crippen LogP contribution in [0.4, 0.5) is 0 Å². The summed E-state index contributed by atoms with van der Waals surface area (Å²) in [7, 11) is 1.78. The second-order valence-electron chi connectivity index (χ2n) is 3.51. The first-order valence-electron chi connectivity index (χ1n) is 4.71. The van der Waals surface area contributed by atoms with E-state index >= 15 is 0 Å². The van der Waals surface area contributed by atoms with E-state index in [1.807, 2.05) is 19.1 Å². The van der Waals surface area contributed by atoms with Crippen LogP contribution in [0.15, 0.2) is 28.9 Å². The average Bonchev–Trinajstić information content (AvgIpc) is 2.29. The molecule has 0 aromatic rings. The number of hydrogen-bond acceptors (Lipinski definition) is 2. The fraction of sp³-hybridized carbons (Fsp3) is 0.455. The molecule has 76 valence electrons. The van der Waals surface area contributed by atoms with E-state index in [0.717, 1.165) is 17.8 Å². The van der Waals surface area contributed by atoms with E-state index in [0.29, 0.717) is 6.54 Å². The smallest absolute Gasteiger partial charge is 0.219 e. The zero-order valence-electron chi connectivity index (χ0n) is 8.95. The summed E-state index contributed by atoms with van der Waals surface area (Å²) in [6, 6.07) is 0. The molecule has 0 saturated carbocycles. The van der Waals surface area contributed by atoms with Crippen molar-refractivity contribution < 1.29 is 4.79 Å². The van der Waals surface area contributed by atoms with E-state index in [1.165, 1.54) is 0 Å². The number of nitrogens with zero attached hydrogens (tertiary/aromatic N) is 2. The van der Waals surface area contributed by atoms with Gasteiger partial charge in [0.15, 0.2) is 0 Å². The lowest BCUT2D eigenvalue weighted by Gasteiger charge is -2.14. The SMILES string of the molecule is CC(=O)N(C)CC1=CC=CCC(C)=N1. The zero-order chi connectivity index (χ0) is 10.6. The second-order valence-corrected chi connectivity index (χ2v) is 3.51. The van der Waals surface area contributed by atoms with Crippen molar-refractivity contribution in [1.82, 2.24) is 4.90 Å². The van der Waals surface area contributed by atoms with Gasteiger partial charge in [0, 0.05) is 26.1 Å². The number of likely N-dealkylation sites (N-methyl/N-ethyl adjacent to an activating group) is 1. The summed E-state index contributed by atoms with van der Waals surface area (Å²) in [5.41, 5.74) is 2.02. The van der Waals surface area contributed by atoms with Crippen LogP contribution < -0.4 is 0 Å². The summed E-state index contributed by atoms with van der Waals surface area (Å²) in [5.74, 6) is 0.0620. The minimum atomic E-state index is 0.0620. The van der Waals surface area contributed by atoms with Crippen molar-refractivity contribution in [3.05, 3.63) is 23.9 Å². The van der Waals surface area contributed by atoms with Gasteiger partial charge in [-0.2, -0.15) is 0 Å². The lowest BCUT2D eigenvalue weighted by Crippen LogP contribution is -2.25. The number of allylic oxidation sites excluding steroid dienone is 3. The summed E-state index contributed by atoms with van der Waals surface area (Å²) < 4.78 is 0. The van der Waals surface area contributed by atoms with Crippen LogP contribution in [0.1, 0.15) is 20.3 Å². The molecule has 0 N–H and O–H groups in total. The van der Waals surface area contributed by atoms with Crippen molar-refractivity contribution >= 4 is 11.6 Å². The molecular weight excluding hydrogens is 176 g/mol. The molecule has 0 spiro atoms. The molecule has 1 aliphatic heterocycles. The van der Waals surface area contributed by atoms with E-state index in [4.69, 9.17) is 0 Å². The van der Waals surface area contributed by atoms with Crippen molar-refractivity contribution in [1.29, 1.82) is 0 Å². The molecular formula is C11H16N2O. The summed E-state index contributed by atoms with van der Waals surface area (Å²) in [6.07, 6.45) is 6.91. The van der Waals surface area contributed by atoms with Gasteiger partial charge in [-0.25, -0.2) is 0 Å². The molecule has 0 aliphatic carbocycles. The summed E-state index contributed by atoms with van der Waals surface area (Å²) in [4.78, 5) is 17.1. The standard InChI is InChI=1S/C11H16N2O/c1-9-6-4-5-7-11(12-9)8-13(3)10(2)14/h4-5,7H,6,8H2,1-3H3. The molecule has 0 aromatic heterocycles. The molecule has 1 amide bonds. The molecule has 0 unspecified atom stereocenters. The number of carbonyl (C=O) groups excluding carboxylic acids is 1. The van der Waals surface area contributed by atoms with Crippen LogP contribution in [-0.4, -0.2) is 30.1 Å². The normalized spacial score (nSPS) is 15.6. The van der Waals surface area contributed by atoms with E-state index in [-0.39, 0.29) is 5.91 Å². The van der Waals surface area contributed by atoms with Gasteiger partial charge in [0.05, 0.1) is 12.2 Å². The molecule has 0 atom stereocenters. The van der Waals surface area contributed by atoms with Crippen LogP contribution in [0.25, 0.3) is 0 Å². The van der Waals surface area contributed by atoms with Crippen LogP contribution in [0, 0.1) is 0 Å². The molecule has 0 fully saturated rings. The number of amides is 1. The van der Waals surface area contributed by atoms with Crippen molar-refractivity contribution in [2.75, 3.05) is 13.6 Å². The summed E-state index contributed by atoms with van der Waals surface area (Å²) in [6.45, 7) is 4.14. The quantitative estimate of drug-likeness (QED) is 0.656. The molecule has 1 heterocycles. The third-order valence-electron chi connectivity index (χ3n) is 2.11. The molecule has 0 radical (unpaired) electrons. The van der Waals surface area contributed by atoms with Crippen LogP contribution in [-0.2, 0) is 4.79 Å². The van der Waals surface area contributed by atoms with Gasteiger partial charge in [0.25, 0.3) is 0 Å². The zero-order valence-corrected chi connectivity index (χ0v) is 8.95. The molecule has 3 nitrogen and oxygen atoms in total. The maximum absolute atomic E-state index is 11.0. The Kier molecular flexibility index (Phi) is 3.63. The van der Waals surface area contributed by atoms with Crippen molar-refractivity contribution in [3.8, 4) is 0 Å². The Hall–Kier alpha value is -1.38. The molecule has 1 aliphatic rings. The molecule has 0 saturated heterocycles. The summed E-state index contributed by atoms with van der Waals surface area (Å²) >= 11 is 0. The predicted octanol–water partition coefficient (Wildman–Crippen LogP) is 1.77. The Morgan fingerprint density at radius 3 is 3.00 bits per heavy atom. The maximum atomic E-state index is 11.0. The largest absolute Gasteiger partial charge is 0.340 e. The highest BCUT2D eigenvalue weighted by molar-refractivity contribution is 5.84. The average molecular weight is 192 g/mol. The van der Waals surface area contributed by atoms with Crippen LogP contribution in [0.2, 0.25) is 0 Å². The Labute approximate surface area is 84.8 Å². The van der Waals surface area contributed by atoms with Crippen LogP contribution in [0.3, 0.4) is 0 Å². The number of carbonyl (C=O) groups is 1. The van der Waals surface area contributed by atoms with E-state index in [2.05, 4.69) is 11.1 Å². The Morgan fingerprint density at radius 1 is 1.64 bits per heavy atom. The number of hydrogen-bond donors (Lipinski definition) is 0. The second kappa shape index (κ2) is 4.74. The maximum Gasteiger partial charge on any atom is 0.219 e. The van der Waals surface area contributed by atoms with E-state index in [9.17, 15) is 4.79 Å².